The number of furan rings is 1. The van der Waals surface area contributed by atoms with E-state index >= 15 is 0 Å². The molecule has 2 saturated heterocycles. The Morgan fingerprint density at radius 1 is 1.11 bits per heavy atom. The van der Waals surface area contributed by atoms with Gasteiger partial charge >= 0.3 is 5.97 Å². The summed E-state index contributed by atoms with van der Waals surface area (Å²) < 4.78 is 28.8. The molecule has 0 unspecified atom stereocenters. The molecule has 7 nitrogen and oxygen atoms in total. The van der Waals surface area contributed by atoms with Crippen molar-refractivity contribution in [3.05, 3.63) is 47.9 Å². The minimum Gasteiger partial charge on any atom is -0.493 e. The van der Waals surface area contributed by atoms with Crippen LogP contribution in [0.25, 0.3) is 0 Å². The number of carbonyl (C=O) groups is 1. The van der Waals surface area contributed by atoms with Crippen molar-refractivity contribution < 1.29 is 28.2 Å². The van der Waals surface area contributed by atoms with Crippen LogP contribution in [0.5, 0.6) is 11.5 Å². The summed E-state index contributed by atoms with van der Waals surface area (Å²) in [6.07, 6.45) is 7.27. The van der Waals surface area contributed by atoms with E-state index in [1.807, 2.05) is 24.3 Å². The van der Waals surface area contributed by atoms with Gasteiger partial charge in [-0.2, -0.15) is 0 Å². The van der Waals surface area contributed by atoms with E-state index in [0.717, 1.165) is 37.2 Å². The lowest BCUT2D eigenvalue weighted by Gasteiger charge is -2.51. The molecular weight excluding hydrogens is 458 g/mol. The molecule has 194 valence electrons. The van der Waals surface area contributed by atoms with Gasteiger partial charge in [0.1, 0.15) is 11.9 Å². The lowest BCUT2D eigenvalue weighted by Crippen LogP contribution is -2.51. The summed E-state index contributed by atoms with van der Waals surface area (Å²) in [4.78, 5) is 15.6. The highest BCUT2D eigenvalue weighted by Crippen LogP contribution is 2.62. The fourth-order valence-corrected chi connectivity index (χ4v) is 7.49. The van der Waals surface area contributed by atoms with Crippen LogP contribution in [0.3, 0.4) is 0 Å². The second-order valence-electron chi connectivity index (χ2n) is 11.5. The fourth-order valence-electron chi connectivity index (χ4n) is 7.49. The third kappa shape index (κ3) is 4.20. The van der Waals surface area contributed by atoms with Crippen molar-refractivity contribution in [1.29, 1.82) is 0 Å². The number of hydrogen-bond acceptors (Lipinski definition) is 7. The predicted octanol–water partition coefficient (Wildman–Crippen LogP) is 4.83. The second-order valence-corrected chi connectivity index (χ2v) is 11.5. The third-order valence-corrected chi connectivity index (χ3v) is 9.35. The molecule has 0 bridgehead atoms. The van der Waals surface area contributed by atoms with Gasteiger partial charge in [0.15, 0.2) is 11.5 Å². The van der Waals surface area contributed by atoms with E-state index in [1.165, 1.54) is 12.8 Å². The molecule has 2 aliphatic carbocycles. The normalized spacial score (nSPS) is 34.8. The van der Waals surface area contributed by atoms with Crippen LogP contribution < -0.4 is 9.47 Å². The van der Waals surface area contributed by atoms with Crippen LogP contribution >= 0.6 is 0 Å². The molecule has 2 aromatic rings. The Morgan fingerprint density at radius 2 is 1.94 bits per heavy atom. The Bertz CT molecular complexity index is 1100. The Morgan fingerprint density at radius 3 is 2.67 bits per heavy atom. The van der Waals surface area contributed by atoms with Crippen LogP contribution in [0.1, 0.15) is 50.4 Å². The lowest BCUT2D eigenvalue weighted by molar-refractivity contribution is -0.147. The van der Waals surface area contributed by atoms with E-state index in [4.69, 9.17) is 23.4 Å². The summed E-state index contributed by atoms with van der Waals surface area (Å²) in [5.74, 6) is 2.84. The van der Waals surface area contributed by atoms with Gasteiger partial charge in [-0.1, -0.05) is 13.0 Å². The first-order valence-corrected chi connectivity index (χ1v) is 13.2. The molecule has 2 saturated carbocycles. The van der Waals surface area contributed by atoms with E-state index in [1.54, 1.807) is 20.5 Å². The van der Waals surface area contributed by atoms with Gasteiger partial charge in [-0.15, -0.1) is 0 Å². The van der Waals surface area contributed by atoms with E-state index in [9.17, 15) is 4.79 Å². The average molecular weight is 496 g/mol. The highest BCUT2D eigenvalue weighted by molar-refractivity contribution is 5.75. The highest BCUT2D eigenvalue weighted by Gasteiger charge is 2.65. The van der Waals surface area contributed by atoms with Crippen LogP contribution in [0, 0.1) is 23.2 Å². The van der Waals surface area contributed by atoms with Gasteiger partial charge in [0, 0.05) is 19.0 Å². The molecule has 2 aliphatic heterocycles. The molecule has 0 N–H and O–H groups in total. The van der Waals surface area contributed by atoms with Crippen molar-refractivity contribution in [3.8, 4) is 11.5 Å². The summed E-state index contributed by atoms with van der Waals surface area (Å²) in [5, 5.41) is 0. The van der Waals surface area contributed by atoms with Gasteiger partial charge in [-0.25, -0.2) is 0 Å². The van der Waals surface area contributed by atoms with Crippen molar-refractivity contribution in [1.82, 2.24) is 4.90 Å². The molecule has 4 aliphatic rings. The Labute approximate surface area is 213 Å². The Balaban J connectivity index is 1.23. The quantitative estimate of drug-likeness (QED) is 0.384. The smallest absolute Gasteiger partial charge is 0.310 e. The molecule has 6 rings (SSSR count). The Hall–Kier alpha value is -2.51. The summed E-state index contributed by atoms with van der Waals surface area (Å²) >= 11 is 0. The number of rotatable bonds is 8. The summed E-state index contributed by atoms with van der Waals surface area (Å²) in [7, 11) is 3.29. The van der Waals surface area contributed by atoms with Gasteiger partial charge in [0.2, 0.25) is 0 Å². The number of methoxy groups -OCH3 is 2. The number of fused-ring (bicyclic) bond motifs is 3. The molecule has 6 atom stereocenters. The van der Waals surface area contributed by atoms with E-state index in [0.29, 0.717) is 37.1 Å². The largest absolute Gasteiger partial charge is 0.493 e. The monoisotopic (exact) mass is 495 g/mol. The molecule has 36 heavy (non-hydrogen) atoms. The van der Waals surface area contributed by atoms with Crippen molar-refractivity contribution in [2.24, 2.45) is 23.2 Å². The number of hydrogen-bond donors (Lipinski definition) is 0. The molecule has 1 aromatic carbocycles. The van der Waals surface area contributed by atoms with Gasteiger partial charge < -0.3 is 23.4 Å². The number of esters is 1. The van der Waals surface area contributed by atoms with E-state index < -0.39 is 0 Å². The zero-order chi connectivity index (χ0) is 24.9. The van der Waals surface area contributed by atoms with Crippen molar-refractivity contribution in [2.75, 3.05) is 27.4 Å². The first kappa shape index (κ1) is 23.9. The number of benzene rings is 1. The molecule has 0 radical (unpaired) electrons. The third-order valence-electron chi connectivity index (χ3n) is 9.35. The molecule has 4 fully saturated rings. The highest BCUT2D eigenvalue weighted by atomic mass is 16.6. The maximum Gasteiger partial charge on any atom is 0.310 e. The van der Waals surface area contributed by atoms with Crippen LogP contribution in [0.2, 0.25) is 0 Å². The Kier molecular flexibility index (Phi) is 6.03. The number of ether oxygens (including phenoxy) is 4. The first-order valence-electron chi connectivity index (χ1n) is 13.2. The van der Waals surface area contributed by atoms with Crippen LogP contribution in [-0.2, 0) is 27.4 Å². The molecule has 0 amide bonds. The van der Waals surface area contributed by atoms with Crippen LogP contribution in [0.15, 0.2) is 41.0 Å². The van der Waals surface area contributed by atoms with Gasteiger partial charge in [0.05, 0.1) is 45.2 Å². The standard InChI is InChI=1S/C29H37NO6/c1-28-9-5-10-29(18-35-29)26(28)13-21-22(27(31)36-25(21)14-28)17-30(16-20-6-4-11-34-20)15-19-7-8-23(32-2)24(12-19)33-3/h4,6-8,11-12,21-22,25-26H,5,9-10,13-18H2,1-3H3/t21-,22+,25-,26-,28-,29-/m1/s1. The molecule has 7 heteroatoms. The maximum absolute atomic E-state index is 13.3. The van der Waals surface area contributed by atoms with Gasteiger partial charge in [-0.3, -0.25) is 9.69 Å². The molecule has 3 heterocycles. The predicted molar refractivity (Wildman–Crippen MR) is 133 cm³/mol. The van der Waals surface area contributed by atoms with Crippen molar-refractivity contribution in [2.45, 2.75) is 63.8 Å². The van der Waals surface area contributed by atoms with Gasteiger partial charge in [-0.05, 0) is 73.3 Å². The van der Waals surface area contributed by atoms with Gasteiger partial charge in [0.25, 0.3) is 0 Å². The number of carbonyl (C=O) groups excluding carboxylic acids is 1. The average Bonchev–Trinajstić information content (AvgIpc) is 3.31. The summed E-state index contributed by atoms with van der Waals surface area (Å²) in [6, 6.07) is 9.88. The van der Waals surface area contributed by atoms with Crippen molar-refractivity contribution >= 4 is 5.97 Å². The fraction of sp³-hybridized carbons (Fsp3) is 0.621. The maximum atomic E-state index is 13.3. The zero-order valence-electron chi connectivity index (χ0n) is 21.5. The SMILES string of the molecule is COc1ccc(CN(Cc2ccco2)C[C@@H]2C(=O)O[C@@H]3C[C@@]4(C)CCC[C@@]5(CO5)[C@@H]4C[C@H]23)cc1OC. The minimum absolute atomic E-state index is 0.0178. The summed E-state index contributed by atoms with van der Waals surface area (Å²) in [6.45, 7) is 5.20. The molecule has 1 spiro atoms. The first-order chi connectivity index (χ1) is 17.4. The zero-order valence-corrected chi connectivity index (χ0v) is 21.5. The second kappa shape index (κ2) is 9.10. The van der Waals surface area contributed by atoms with Crippen LogP contribution in [0.4, 0.5) is 0 Å². The molecule has 1 aromatic heterocycles. The van der Waals surface area contributed by atoms with Crippen LogP contribution in [-0.4, -0.2) is 49.9 Å². The minimum atomic E-state index is -0.146. The summed E-state index contributed by atoms with van der Waals surface area (Å²) in [5.41, 5.74) is 1.36. The number of epoxide rings is 1. The lowest BCUT2D eigenvalue weighted by atomic mass is 9.53. The molecular formula is C29H37NO6. The van der Waals surface area contributed by atoms with Crippen molar-refractivity contribution in [3.63, 3.8) is 0 Å². The van der Waals surface area contributed by atoms with E-state index in [-0.39, 0.29) is 34.9 Å². The van der Waals surface area contributed by atoms with E-state index in [2.05, 4.69) is 17.9 Å². The number of nitrogens with zero attached hydrogens (tertiary/aromatic N) is 1. The topological polar surface area (TPSA) is 73.7 Å².